The molecule has 3 aromatic carbocycles. The Morgan fingerprint density at radius 2 is 1.42 bits per heavy atom. The van der Waals surface area contributed by atoms with Gasteiger partial charge in [-0.2, -0.15) is 20.4 Å². The molecule has 0 aromatic heterocycles. The topological polar surface area (TPSA) is 104 Å². The molecule has 1 atom stereocenters. The standard InChI is InChI=1S/C27H31N3O5S3/c1-22-12-14-23(15-13-22)21-36-19-16-28-27(31)26-20-29(37(32,33)24-8-4-2-5-9-24)17-18-30(26)38(34,35)25-10-6-3-7-11-25/h2-15,26H,16-21H2,1H3,(H,28,31). The second-order valence-corrected chi connectivity index (χ2v) is 13.9. The van der Waals surface area contributed by atoms with Crippen LogP contribution in [0.4, 0.5) is 0 Å². The van der Waals surface area contributed by atoms with Gasteiger partial charge in [-0.15, -0.1) is 0 Å². The van der Waals surface area contributed by atoms with Gasteiger partial charge in [-0.3, -0.25) is 4.79 Å². The Bertz CT molecular complexity index is 1430. The minimum Gasteiger partial charge on any atom is -0.354 e. The van der Waals surface area contributed by atoms with E-state index >= 15 is 0 Å². The minimum atomic E-state index is -4.02. The van der Waals surface area contributed by atoms with Crippen LogP contribution in [0.25, 0.3) is 0 Å². The van der Waals surface area contributed by atoms with Gasteiger partial charge in [0, 0.05) is 37.7 Å². The molecule has 11 heteroatoms. The van der Waals surface area contributed by atoms with E-state index in [2.05, 4.69) is 29.6 Å². The lowest BCUT2D eigenvalue weighted by Gasteiger charge is -2.38. The van der Waals surface area contributed by atoms with E-state index in [1.54, 1.807) is 48.2 Å². The lowest BCUT2D eigenvalue weighted by molar-refractivity contribution is -0.125. The number of amides is 1. The van der Waals surface area contributed by atoms with Gasteiger partial charge in [-0.25, -0.2) is 16.8 Å². The zero-order valence-electron chi connectivity index (χ0n) is 21.1. The van der Waals surface area contributed by atoms with Crippen LogP contribution in [-0.2, 0) is 30.6 Å². The third-order valence-electron chi connectivity index (χ3n) is 6.26. The Morgan fingerprint density at radius 1 is 0.842 bits per heavy atom. The summed E-state index contributed by atoms with van der Waals surface area (Å²) in [4.78, 5) is 13.5. The summed E-state index contributed by atoms with van der Waals surface area (Å²) in [6.07, 6.45) is 0. The maximum absolute atomic E-state index is 13.5. The quantitative estimate of drug-likeness (QED) is 0.374. The van der Waals surface area contributed by atoms with Gasteiger partial charge in [0.1, 0.15) is 6.04 Å². The lowest BCUT2D eigenvalue weighted by Crippen LogP contribution is -2.61. The fourth-order valence-electron chi connectivity index (χ4n) is 4.17. The normalized spacial score (nSPS) is 17.2. The SMILES string of the molecule is Cc1ccc(CSCCNC(=O)C2CN(S(=O)(=O)c3ccccc3)CCN2S(=O)(=O)c2ccccc2)cc1. The molecule has 0 bridgehead atoms. The predicted molar refractivity (Wildman–Crippen MR) is 150 cm³/mol. The van der Waals surface area contributed by atoms with Crippen molar-refractivity contribution in [3.8, 4) is 0 Å². The van der Waals surface area contributed by atoms with Gasteiger partial charge in [0.2, 0.25) is 26.0 Å². The first-order valence-electron chi connectivity index (χ1n) is 12.2. The first-order valence-corrected chi connectivity index (χ1v) is 16.3. The zero-order valence-corrected chi connectivity index (χ0v) is 23.5. The summed E-state index contributed by atoms with van der Waals surface area (Å²) in [5.74, 6) is 0.898. The van der Waals surface area contributed by atoms with Gasteiger partial charge >= 0.3 is 0 Å². The highest BCUT2D eigenvalue weighted by atomic mass is 32.2. The number of sulfonamides is 2. The molecule has 38 heavy (non-hydrogen) atoms. The molecule has 0 radical (unpaired) electrons. The van der Waals surface area contributed by atoms with Crippen molar-refractivity contribution in [1.82, 2.24) is 13.9 Å². The third kappa shape index (κ3) is 6.65. The summed E-state index contributed by atoms with van der Waals surface area (Å²) in [7, 11) is -7.92. The molecule has 1 unspecified atom stereocenters. The van der Waals surface area contributed by atoms with Crippen LogP contribution in [0.1, 0.15) is 11.1 Å². The second kappa shape index (κ2) is 12.4. The molecule has 0 saturated carbocycles. The van der Waals surface area contributed by atoms with E-state index in [1.165, 1.54) is 39.7 Å². The van der Waals surface area contributed by atoms with Crippen molar-refractivity contribution in [3.05, 3.63) is 96.1 Å². The van der Waals surface area contributed by atoms with Crippen LogP contribution in [0.15, 0.2) is 94.7 Å². The van der Waals surface area contributed by atoms with E-state index in [9.17, 15) is 21.6 Å². The summed E-state index contributed by atoms with van der Waals surface area (Å²) < 4.78 is 55.7. The molecule has 0 aliphatic carbocycles. The smallest absolute Gasteiger partial charge is 0.243 e. The van der Waals surface area contributed by atoms with Crippen LogP contribution in [0.2, 0.25) is 0 Å². The number of thioether (sulfide) groups is 1. The van der Waals surface area contributed by atoms with Crippen LogP contribution >= 0.6 is 11.8 Å². The van der Waals surface area contributed by atoms with E-state index in [-0.39, 0.29) is 29.4 Å². The molecule has 1 saturated heterocycles. The monoisotopic (exact) mass is 573 g/mol. The molecule has 1 amide bonds. The minimum absolute atomic E-state index is 0.0561. The van der Waals surface area contributed by atoms with Crippen molar-refractivity contribution >= 4 is 37.7 Å². The summed E-state index contributed by atoms with van der Waals surface area (Å²) in [6.45, 7) is 1.90. The summed E-state index contributed by atoms with van der Waals surface area (Å²) in [5.41, 5.74) is 2.37. The first kappa shape index (κ1) is 28.3. The molecular weight excluding hydrogens is 543 g/mol. The van der Waals surface area contributed by atoms with Gasteiger partial charge in [0.05, 0.1) is 9.79 Å². The van der Waals surface area contributed by atoms with E-state index in [0.29, 0.717) is 12.3 Å². The molecule has 1 aliphatic heterocycles. The summed E-state index contributed by atoms with van der Waals surface area (Å²) >= 11 is 1.65. The maximum Gasteiger partial charge on any atom is 0.243 e. The molecule has 3 aromatic rings. The molecule has 1 N–H and O–H groups in total. The van der Waals surface area contributed by atoms with E-state index in [0.717, 1.165) is 10.1 Å². The number of hydrogen-bond donors (Lipinski definition) is 1. The number of carbonyl (C=O) groups is 1. The largest absolute Gasteiger partial charge is 0.354 e. The number of carbonyl (C=O) groups excluding carboxylic acids is 1. The van der Waals surface area contributed by atoms with Crippen molar-refractivity contribution in [2.75, 3.05) is 31.9 Å². The Hall–Kier alpha value is -2.70. The average molecular weight is 574 g/mol. The van der Waals surface area contributed by atoms with Crippen molar-refractivity contribution in [2.24, 2.45) is 0 Å². The van der Waals surface area contributed by atoms with Crippen molar-refractivity contribution in [1.29, 1.82) is 0 Å². The average Bonchev–Trinajstić information content (AvgIpc) is 2.94. The molecule has 8 nitrogen and oxygen atoms in total. The van der Waals surface area contributed by atoms with Gasteiger partial charge in [-0.1, -0.05) is 66.2 Å². The second-order valence-electron chi connectivity index (χ2n) is 8.95. The van der Waals surface area contributed by atoms with Crippen molar-refractivity contribution in [2.45, 2.75) is 28.5 Å². The van der Waals surface area contributed by atoms with Crippen LogP contribution in [0.5, 0.6) is 0 Å². The highest BCUT2D eigenvalue weighted by Crippen LogP contribution is 2.25. The van der Waals surface area contributed by atoms with Gasteiger partial charge in [-0.05, 0) is 36.8 Å². The lowest BCUT2D eigenvalue weighted by atomic mass is 10.2. The number of benzene rings is 3. The van der Waals surface area contributed by atoms with Crippen LogP contribution in [-0.4, -0.2) is 69.3 Å². The molecule has 4 rings (SSSR count). The van der Waals surface area contributed by atoms with Crippen LogP contribution in [0.3, 0.4) is 0 Å². The Labute approximate surface area is 229 Å². The number of hydrogen-bond acceptors (Lipinski definition) is 6. The molecule has 1 heterocycles. The van der Waals surface area contributed by atoms with Gasteiger partial charge in [0.25, 0.3) is 0 Å². The van der Waals surface area contributed by atoms with Crippen LogP contribution in [0, 0.1) is 6.92 Å². The fraction of sp³-hybridized carbons (Fsp3) is 0.296. The number of nitrogens with zero attached hydrogens (tertiary/aromatic N) is 2. The molecule has 202 valence electrons. The van der Waals surface area contributed by atoms with Crippen molar-refractivity contribution in [3.63, 3.8) is 0 Å². The number of nitrogens with one attached hydrogen (secondary N) is 1. The Balaban J connectivity index is 1.47. The van der Waals surface area contributed by atoms with E-state index < -0.39 is 32.0 Å². The van der Waals surface area contributed by atoms with Gasteiger partial charge in [0.15, 0.2) is 0 Å². The molecule has 0 spiro atoms. The number of rotatable bonds is 10. The van der Waals surface area contributed by atoms with E-state index in [1.807, 2.05) is 6.92 Å². The zero-order chi connectivity index (χ0) is 27.2. The summed E-state index contributed by atoms with van der Waals surface area (Å²) in [6, 6.07) is 22.9. The Kier molecular flexibility index (Phi) is 9.27. The maximum atomic E-state index is 13.5. The third-order valence-corrected chi connectivity index (χ3v) is 11.1. The number of piperazine rings is 1. The highest BCUT2D eigenvalue weighted by Gasteiger charge is 2.43. The molecule has 1 fully saturated rings. The van der Waals surface area contributed by atoms with Crippen LogP contribution < -0.4 is 5.32 Å². The fourth-order valence-corrected chi connectivity index (χ4v) is 8.04. The predicted octanol–water partition coefficient (Wildman–Crippen LogP) is 3.11. The number of aryl methyl sites for hydroxylation is 1. The van der Waals surface area contributed by atoms with E-state index in [4.69, 9.17) is 0 Å². The van der Waals surface area contributed by atoms with Gasteiger partial charge < -0.3 is 5.32 Å². The Morgan fingerprint density at radius 3 is 2.03 bits per heavy atom. The van der Waals surface area contributed by atoms with Crippen molar-refractivity contribution < 1.29 is 21.6 Å². The first-order chi connectivity index (χ1) is 18.2. The molecule has 1 aliphatic rings. The molecular formula is C27H31N3O5S3. The highest BCUT2D eigenvalue weighted by molar-refractivity contribution is 7.98. The summed E-state index contributed by atoms with van der Waals surface area (Å²) in [5, 5.41) is 2.83.